The number of rotatable bonds is 7. The summed E-state index contributed by atoms with van der Waals surface area (Å²) < 4.78 is 9.84. The molecule has 7 heteroatoms. The molecule has 2 amide bonds. The number of nitrogens with one attached hydrogen (secondary N) is 2. The van der Waals surface area contributed by atoms with E-state index in [0.717, 1.165) is 5.56 Å². The van der Waals surface area contributed by atoms with Crippen molar-refractivity contribution >= 4 is 29.5 Å². The lowest BCUT2D eigenvalue weighted by Crippen LogP contribution is -2.21. The quantitative estimate of drug-likeness (QED) is 0.463. The molecule has 3 rings (SSSR count). The van der Waals surface area contributed by atoms with Gasteiger partial charge in [-0.1, -0.05) is 30.3 Å². The van der Waals surface area contributed by atoms with Crippen LogP contribution < -0.4 is 10.6 Å². The number of hydrogen-bond acceptors (Lipinski definition) is 5. The van der Waals surface area contributed by atoms with Crippen molar-refractivity contribution in [2.45, 2.75) is 6.54 Å². The third-order valence-electron chi connectivity index (χ3n) is 4.11. The summed E-state index contributed by atoms with van der Waals surface area (Å²) in [5, 5.41) is 5.42. The zero-order valence-corrected chi connectivity index (χ0v) is 16.3. The molecule has 152 valence electrons. The number of hydrogen-bond donors (Lipinski definition) is 2. The number of amides is 2. The van der Waals surface area contributed by atoms with Crippen LogP contribution in [0.2, 0.25) is 0 Å². The van der Waals surface area contributed by atoms with Crippen LogP contribution in [-0.4, -0.2) is 24.9 Å². The van der Waals surface area contributed by atoms with Crippen LogP contribution in [-0.2, 0) is 16.1 Å². The largest absolute Gasteiger partial charge is 0.465 e. The lowest BCUT2D eigenvalue weighted by atomic mass is 10.1. The minimum absolute atomic E-state index is 0.138. The highest BCUT2D eigenvalue weighted by Gasteiger charge is 2.13. The molecule has 0 saturated carbocycles. The highest BCUT2D eigenvalue weighted by molar-refractivity contribution is 6.03. The Balaban J connectivity index is 1.71. The Kier molecular flexibility index (Phi) is 6.78. The molecule has 0 unspecified atom stereocenters. The van der Waals surface area contributed by atoms with E-state index in [-0.39, 0.29) is 23.8 Å². The fraction of sp³-hybridized carbons (Fsp3) is 0.0870. The summed E-state index contributed by atoms with van der Waals surface area (Å²) in [6.07, 6.45) is 4.53. The van der Waals surface area contributed by atoms with Gasteiger partial charge in [-0.25, -0.2) is 4.79 Å². The highest BCUT2D eigenvalue weighted by Crippen LogP contribution is 2.17. The Morgan fingerprint density at radius 1 is 1.03 bits per heavy atom. The maximum Gasteiger partial charge on any atom is 0.337 e. The Morgan fingerprint density at radius 3 is 2.53 bits per heavy atom. The van der Waals surface area contributed by atoms with Gasteiger partial charge in [0, 0.05) is 18.3 Å². The number of anilines is 1. The fourth-order valence-corrected chi connectivity index (χ4v) is 2.69. The number of esters is 1. The van der Waals surface area contributed by atoms with Crippen molar-refractivity contribution in [1.82, 2.24) is 5.32 Å². The van der Waals surface area contributed by atoms with Gasteiger partial charge in [-0.05, 0) is 47.5 Å². The van der Waals surface area contributed by atoms with Gasteiger partial charge in [-0.3, -0.25) is 9.59 Å². The Morgan fingerprint density at radius 2 is 1.83 bits per heavy atom. The minimum atomic E-state index is -0.555. The van der Waals surface area contributed by atoms with Crippen molar-refractivity contribution in [2.24, 2.45) is 0 Å². The van der Waals surface area contributed by atoms with E-state index in [1.807, 2.05) is 30.3 Å². The predicted molar refractivity (Wildman–Crippen MR) is 112 cm³/mol. The van der Waals surface area contributed by atoms with Gasteiger partial charge in [0.1, 0.15) is 0 Å². The van der Waals surface area contributed by atoms with E-state index in [9.17, 15) is 14.4 Å². The summed E-state index contributed by atoms with van der Waals surface area (Å²) >= 11 is 0. The zero-order valence-electron chi connectivity index (χ0n) is 16.3. The second-order valence-electron chi connectivity index (χ2n) is 6.30. The van der Waals surface area contributed by atoms with E-state index in [4.69, 9.17) is 9.15 Å². The van der Waals surface area contributed by atoms with E-state index >= 15 is 0 Å². The normalized spacial score (nSPS) is 10.6. The fourth-order valence-electron chi connectivity index (χ4n) is 2.69. The van der Waals surface area contributed by atoms with E-state index in [2.05, 4.69) is 10.6 Å². The van der Waals surface area contributed by atoms with Crippen LogP contribution in [0.3, 0.4) is 0 Å². The van der Waals surface area contributed by atoms with Gasteiger partial charge in [0.2, 0.25) is 5.91 Å². The molecule has 1 heterocycles. The zero-order chi connectivity index (χ0) is 21.3. The molecule has 30 heavy (non-hydrogen) atoms. The number of furan rings is 1. The first-order valence-corrected chi connectivity index (χ1v) is 9.13. The molecule has 0 aliphatic carbocycles. The molecular weight excluding hydrogens is 384 g/mol. The molecule has 2 aromatic carbocycles. The van der Waals surface area contributed by atoms with Crippen molar-refractivity contribution in [3.05, 3.63) is 95.5 Å². The van der Waals surface area contributed by atoms with Crippen LogP contribution in [0.25, 0.3) is 6.08 Å². The molecule has 0 spiro atoms. The minimum Gasteiger partial charge on any atom is -0.465 e. The number of carbonyl (C=O) groups is 3. The summed E-state index contributed by atoms with van der Waals surface area (Å²) in [6.45, 7) is 0.159. The molecule has 0 radical (unpaired) electrons. The van der Waals surface area contributed by atoms with Crippen molar-refractivity contribution < 1.29 is 23.5 Å². The van der Waals surface area contributed by atoms with E-state index in [1.54, 1.807) is 24.3 Å². The van der Waals surface area contributed by atoms with Crippen molar-refractivity contribution in [2.75, 3.05) is 12.4 Å². The second-order valence-corrected chi connectivity index (χ2v) is 6.30. The standard InChI is InChI=1S/C23H20N2O5/c1-29-23(28)18-12-17(13-19(14-18)25-22(27)20-8-5-11-30-20)15-24-21(26)10-9-16-6-3-2-4-7-16/h2-14H,15H2,1H3,(H,24,26)(H,25,27)/b10-9+. The molecule has 7 nitrogen and oxygen atoms in total. The first-order chi connectivity index (χ1) is 14.5. The first kappa shape index (κ1) is 20.6. The molecule has 1 aromatic heterocycles. The van der Waals surface area contributed by atoms with Crippen molar-refractivity contribution in [1.29, 1.82) is 0 Å². The summed E-state index contributed by atoms with van der Waals surface area (Å²) in [5.74, 6) is -1.16. The maximum absolute atomic E-state index is 12.2. The van der Waals surface area contributed by atoms with Crippen LogP contribution in [0.1, 0.15) is 32.0 Å². The monoisotopic (exact) mass is 404 g/mol. The van der Waals surface area contributed by atoms with Gasteiger partial charge >= 0.3 is 5.97 Å². The van der Waals surface area contributed by atoms with Gasteiger partial charge in [0.25, 0.3) is 5.91 Å². The van der Waals surface area contributed by atoms with Crippen LogP contribution in [0.4, 0.5) is 5.69 Å². The molecule has 0 atom stereocenters. The van der Waals surface area contributed by atoms with Crippen LogP contribution in [0, 0.1) is 0 Å². The Bertz CT molecular complexity index is 1060. The van der Waals surface area contributed by atoms with Crippen LogP contribution in [0.5, 0.6) is 0 Å². The third kappa shape index (κ3) is 5.68. The lowest BCUT2D eigenvalue weighted by molar-refractivity contribution is -0.116. The summed E-state index contributed by atoms with van der Waals surface area (Å²) in [6, 6.07) is 17.3. The average Bonchev–Trinajstić information content (AvgIpc) is 3.31. The number of ether oxygens (including phenoxy) is 1. The van der Waals surface area contributed by atoms with E-state index in [1.165, 1.54) is 31.6 Å². The van der Waals surface area contributed by atoms with Crippen molar-refractivity contribution in [3.63, 3.8) is 0 Å². The van der Waals surface area contributed by atoms with Gasteiger partial charge in [-0.15, -0.1) is 0 Å². The smallest absolute Gasteiger partial charge is 0.337 e. The van der Waals surface area contributed by atoms with Gasteiger partial charge in [-0.2, -0.15) is 0 Å². The number of methoxy groups -OCH3 is 1. The molecule has 0 fully saturated rings. The molecule has 0 aliphatic rings. The molecule has 3 aromatic rings. The van der Waals surface area contributed by atoms with Gasteiger partial charge < -0.3 is 19.8 Å². The number of benzene rings is 2. The predicted octanol–water partition coefficient (Wildman–Crippen LogP) is 3.65. The summed E-state index contributed by atoms with van der Waals surface area (Å²) in [5.41, 5.74) is 2.15. The van der Waals surface area contributed by atoms with Gasteiger partial charge in [0.15, 0.2) is 5.76 Å². The number of carbonyl (C=O) groups excluding carboxylic acids is 3. The molecular formula is C23H20N2O5. The Hall–Kier alpha value is -4.13. The van der Waals surface area contributed by atoms with Crippen LogP contribution >= 0.6 is 0 Å². The summed E-state index contributed by atoms with van der Waals surface area (Å²) in [4.78, 5) is 36.3. The van der Waals surface area contributed by atoms with E-state index < -0.39 is 11.9 Å². The van der Waals surface area contributed by atoms with Gasteiger partial charge in [0.05, 0.1) is 18.9 Å². The molecule has 0 aliphatic heterocycles. The maximum atomic E-state index is 12.2. The highest BCUT2D eigenvalue weighted by atomic mass is 16.5. The summed E-state index contributed by atoms with van der Waals surface area (Å²) in [7, 11) is 1.27. The first-order valence-electron chi connectivity index (χ1n) is 9.13. The molecule has 2 N–H and O–H groups in total. The second kappa shape index (κ2) is 9.88. The van der Waals surface area contributed by atoms with E-state index in [0.29, 0.717) is 11.3 Å². The molecule has 0 saturated heterocycles. The molecule has 0 bridgehead atoms. The average molecular weight is 404 g/mol. The van der Waals surface area contributed by atoms with Crippen molar-refractivity contribution in [3.8, 4) is 0 Å². The topological polar surface area (TPSA) is 97.6 Å². The lowest BCUT2D eigenvalue weighted by Gasteiger charge is -2.10. The third-order valence-corrected chi connectivity index (χ3v) is 4.11. The SMILES string of the molecule is COC(=O)c1cc(CNC(=O)/C=C/c2ccccc2)cc(NC(=O)c2ccco2)c1. The Labute approximate surface area is 173 Å². The van der Waals surface area contributed by atoms with Crippen LogP contribution in [0.15, 0.2) is 77.4 Å².